The third-order valence-electron chi connectivity index (χ3n) is 4.02. The topological polar surface area (TPSA) is 75.1 Å². The van der Waals surface area contributed by atoms with Crippen LogP contribution < -0.4 is 5.32 Å². The number of carboxylic acids is 1. The summed E-state index contributed by atoms with van der Waals surface area (Å²) in [6.45, 7) is 4.42. The molecule has 1 aromatic rings. The molecule has 3 unspecified atom stereocenters. The molecule has 1 aromatic heterocycles. The van der Waals surface area contributed by atoms with E-state index in [1.807, 2.05) is 0 Å². The van der Waals surface area contributed by atoms with Crippen LogP contribution in [-0.4, -0.2) is 27.3 Å². The molecule has 1 saturated carbocycles. The average molecular weight is 249 g/mol. The van der Waals surface area contributed by atoms with Crippen LogP contribution in [0, 0.1) is 11.8 Å². The smallest absolute Gasteiger partial charge is 0.339 e. The molecule has 0 saturated heterocycles. The van der Waals surface area contributed by atoms with E-state index in [1.165, 1.54) is 25.1 Å². The number of anilines is 1. The van der Waals surface area contributed by atoms with E-state index in [9.17, 15) is 4.79 Å². The van der Waals surface area contributed by atoms with Gasteiger partial charge < -0.3 is 10.4 Å². The number of rotatable bonds is 4. The van der Waals surface area contributed by atoms with Crippen molar-refractivity contribution in [3.05, 3.63) is 17.8 Å². The third kappa shape index (κ3) is 2.44. The summed E-state index contributed by atoms with van der Waals surface area (Å²) in [6, 6.07) is 1.78. The van der Waals surface area contributed by atoms with Crippen LogP contribution >= 0.6 is 0 Å². The van der Waals surface area contributed by atoms with E-state index < -0.39 is 5.97 Å². The maximum atomic E-state index is 11.1. The van der Waals surface area contributed by atoms with Crippen molar-refractivity contribution >= 4 is 11.8 Å². The Balaban J connectivity index is 2.13. The molecule has 1 aliphatic carbocycles. The normalized spacial score (nSPS) is 27.1. The van der Waals surface area contributed by atoms with Crippen molar-refractivity contribution < 1.29 is 9.90 Å². The highest BCUT2D eigenvalue weighted by molar-refractivity contribution is 5.92. The van der Waals surface area contributed by atoms with Crippen LogP contribution in [0.25, 0.3) is 0 Å². The predicted molar refractivity (Wildman–Crippen MR) is 68.6 cm³/mol. The summed E-state index contributed by atoms with van der Waals surface area (Å²) >= 11 is 0. The van der Waals surface area contributed by atoms with Gasteiger partial charge in [0.05, 0.1) is 6.20 Å². The molecule has 98 valence electrons. The fraction of sp³-hybridized carbons (Fsp3) is 0.615. The SMILES string of the molecule is CCC1CCC(Nc2nnccc2C(=O)O)C1C. The van der Waals surface area contributed by atoms with E-state index in [-0.39, 0.29) is 5.56 Å². The minimum absolute atomic E-state index is 0.192. The number of carboxylic acid groups (broad SMARTS) is 1. The van der Waals surface area contributed by atoms with Gasteiger partial charge in [0, 0.05) is 6.04 Å². The highest BCUT2D eigenvalue weighted by Crippen LogP contribution is 2.35. The minimum Gasteiger partial charge on any atom is -0.478 e. The molecule has 0 amide bonds. The largest absolute Gasteiger partial charge is 0.478 e. The van der Waals surface area contributed by atoms with E-state index in [0.29, 0.717) is 23.7 Å². The first-order chi connectivity index (χ1) is 8.63. The fourth-order valence-corrected chi connectivity index (χ4v) is 2.81. The van der Waals surface area contributed by atoms with Crippen LogP contribution in [0.3, 0.4) is 0 Å². The Bertz CT molecular complexity index is 436. The molecule has 5 heteroatoms. The molecule has 18 heavy (non-hydrogen) atoms. The van der Waals surface area contributed by atoms with Crippen molar-refractivity contribution in [2.75, 3.05) is 5.32 Å². The van der Waals surface area contributed by atoms with Crippen molar-refractivity contribution in [1.29, 1.82) is 0 Å². The zero-order valence-electron chi connectivity index (χ0n) is 10.8. The van der Waals surface area contributed by atoms with Gasteiger partial charge in [0.25, 0.3) is 0 Å². The van der Waals surface area contributed by atoms with Crippen LogP contribution in [0.1, 0.15) is 43.5 Å². The highest BCUT2D eigenvalue weighted by atomic mass is 16.4. The summed E-state index contributed by atoms with van der Waals surface area (Å²) in [7, 11) is 0. The molecular formula is C13H19N3O2. The van der Waals surface area contributed by atoms with Crippen molar-refractivity contribution in [3.63, 3.8) is 0 Å². The minimum atomic E-state index is -0.968. The zero-order chi connectivity index (χ0) is 13.1. The maximum Gasteiger partial charge on any atom is 0.339 e. The lowest BCUT2D eigenvalue weighted by Gasteiger charge is -2.21. The molecule has 0 aliphatic heterocycles. The second kappa shape index (κ2) is 5.33. The van der Waals surface area contributed by atoms with Crippen LogP contribution in [0.5, 0.6) is 0 Å². The van der Waals surface area contributed by atoms with Crippen molar-refractivity contribution in [3.8, 4) is 0 Å². The Morgan fingerprint density at radius 1 is 1.56 bits per heavy atom. The van der Waals surface area contributed by atoms with Gasteiger partial charge in [-0.3, -0.25) is 0 Å². The first-order valence-corrected chi connectivity index (χ1v) is 6.45. The molecule has 3 atom stereocenters. The molecule has 5 nitrogen and oxygen atoms in total. The molecule has 2 N–H and O–H groups in total. The lowest BCUT2D eigenvalue weighted by molar-refractivity contribution is 0.0697. The fourth-order valence-electron chi connectivity index (χ4n) is 2.81. The summed E-state index contributed by atoms with van der Waals surface area (Å²) in [6.07, 6.45) is 4.83. The molecule has 0 spiro atoms. The van der Waals surface area contributed by atoms with E-state index in [1.54, 1.807) is 0 Å². The zero-order valence-corrected chi connectivity index (χ0v) is 10.8. The van der Waals surface area contributed by atoms with Crippen LogP contribution in [0.15, 0.2) is 12.3 Å². The van der Waals surface area contributed by atoms with Gasteiger partial charge in [-0.2, -0.15) is 5.10 Å². The second-order valence-electron chi connectivity index (χ2n) is 4.95. The Labute approximate surface area is 107 Å². The molecule has 0 aromatic carbocycles. The number of aromatic carboxylic acids is 1. The molecule has 1 heterocycles. The molecule has 1 fully saturated rings. The van der Waals surface area contributed by atoms with Gasteiger partial charge in [-0.15, -0.1) is 5.10 Å². The predicted octanol–water partition coefficient (Wildman–Crippen LogP) is 2.41. The summed E-state index contributed by atoms with van der Waals surface area (Å²) in [5.74, 6) is 0.676. The first-order valence-electron chi connectivity index (χ1n) is 6.45. The molecule has 2 rings (SSSR count). The van der Waals surface area contributed by atoms with Gasteiger partial charge in [0.15, 0.2) is 5.82 Å². The van der Waals surface area contributed by atoms with E-state index in [2.05, 4.69) is 29.4 Å². The summed E-state index contributed by atoms with van der Waals surface area (Å²) in [4.78, 5) is 11.1. The quantitative estimate of drug-likeness (QED) is 0.857. The molecule has 1 aliphatic rings. The van der Waals surface area contributed by atoms with E-state index >= 15 is 0 Å². The highest BCUT2D eigenvalue weighted by Gasteiger charge is 2.32. The van der Waals surface area contributed by atoms with Crippen LogP contribution in [0.2, 0.25) is 0 Å². The van der Waals surface area contributed by atoms with Crippen LogP contribution in [0.4, 0.5) is 5.82 Å². The Hall–Kier alpha value is -1.65. The van der Waals surface area contributed by atoms with Crippen molar-refractivity contribution in [2.45, 2.75) is 39.2 Å². The summed E-state index contributed by atoms with van der Waals surface area (Å²) < 4.78 is 0. The van der Waals surface area contributed by atoms with Gasteiger partial charge >= 0.3 is 5.97 Å². The first kappa shape index (κ1) is 12.8. The lowest BCUT2D eigenvalue weighted by Crippen LogP contribution is -2.26. The number of nitrogens with one attached hydrogen (secondary N) is 1. The Kier molecular flexibility index (Phi) is 3.79. The van der Waals surface area contributed by atoms with Crippen LogP contribution in [-0.2, 0) is 0 Å². The monoisotopic (exact) mass is 249 g/mol. The third-order valence-corrected chi connectivity index (χ3v) is 4.02. The van der Waals surface area contributed by atoms with E-state index in [0.717, 1.165) is 6.42 Å². The van der Waals surface area contributed by atoms with Gasteiger partial charge in [-0.25, -0.2) is 4.79 Å². The van der Waals surface area contributed by atoms with Gasteiger partial charge in [-0.05, 0) is 30.7 Å². The second-order valence-corrected chi connectivity index (χ2v) is 4.95. The standard InChI is InChI=1S/C13H19N3O2/c1-3-9-4-5-11(8(9)2)15-12-10(13(17)18)6-7-14-16-12/h6-9,11H,3-5H2,1-2H3,(H,15,16)(H,17,18). The van der Waals surface area contributed by atoms with Gasteiger partial charge in [0.1, 0.15) is 5.56 Å². The summed E-state index contributed by atoms with van der Waals surface area (Å²) in [5.41, 5.74) is 0.192. The van der Waals surface area contributed by atoms with Gasteiger partial charge in [-0.1, -0.05) is 20.3 Å². The number of hydrogen-bond acceptors (Lipinski definition) is 4. The number of carbonyl (C=O) groups is 1. The average Bonchev–Trinajstić information content (AvgIpc) is 2.71. The maximum absolute atomic E-state index is 11.1. The lowest BCUT2D eigenvalue weighted by atomic mass is 9.93. The van der Waals surface area contributed by atoms with Crippen molar-refractivity contribution in [1.82, 2.24) is 10.2 Å². The van der Waals surface area contributed by atoms with Crippen molar-refractivity contribution in [2.24, 2.45) is 11.8 Å². The molecular weight excluding hydrogens is 230 g/mol. The number of nitrogens with zero attached hydrogens (tertiary/aromatic N) is 2. The van der Waals surface area contributed by atoms with E-state index in [4.69, 9.17) is 5.11 Å². The summed E-state index contributed by atoms with van der Waals surface area (Å²) in [5, 5.41) is 20.0. The Morgan fingerprint density at radius 3 is 2.94 bits per heavy atom. The number of aromatic nitrogens is 2. The van der Waals surface area contributed by atoms with Gasteiger partial charge in [0.2, 0.25) is 0 Å². The molecule has 0 radical (unpaired) electrons. The molecule has 0 bridgehead atoms. The Morgan fingerprint density at radius 2 is 2.33 bits per heavy atom. The number of hydrogen-bond donors (Lipinski definition) is 2.